The number of carbonyl (C=O) groups excluding carboxylic acids is 3. The molecule has 1 N–H and O–H groups in total. The molecule has 138 valence electrons. The zero-order chi connectivity index (χ0) is 18.8. The Hall–Kier alpha value is -2.83. The fourth-order valence-corrected chi connectivity index (χ4v) is 3.18. The molecule has 0 saturated heterocycles. The van der Waals surface area contributed by atoms with Gasteiger partial charge in [0, 0.05) is 11.7 Å². The van der Waals surface area contributed by atoms with Gasteiger partial charge in [0.25, 0.3) is 0 Å². The number of ether oxygens (including phenoxy) is 2. The van der Waals surface area contributed by atoms with Crippen LogP contribution in [0, 0.1) is 0 Å². The average molecular weight is 358 g/mol. The van der Waals surface area contributed by atoms with E-state index in [2.05, 4.69) is 5.32 Å². The molecule has 7 heteroatoms. The molecule has 1 heterocycles. The van der Waals surface area contributed by atoms with E-state index in [-0.39, 0.29) is 18.7 Å². The molecule has 0 bridgehead atoms. The van der Waals surface area contributed by atoms with E-state index < -0.39 is 18.0 Å². The number of methoxy groups -OCH3 is 1. The maximum Gasteiger partial charge on any atom is 0.338 e. The lowest BCUT2D eigenvalue weighted by molar-refractivity contribution is -0.139. The predicted octanol–water partition coefficient (Wildman–Crippen LogP) is 2.54. The number of amides is 2. The number of hydrogen-bond acceptors (Lipinski definition) is 5. The number of rotatable bonds is 5. The second-order valence-corrected chi connectivity index (χ2v) is 6.32. The van der Waals surface area contributed by atoms with Crippen molar-refractivity contribution in [2.75, 3.05) is 13.7 Å². The maximum atomic E-state index is 12.6. The highest BCUT2D eigenvalue weighted by Gasteiger charge is 2.42. The van der Waals surface area contributed by atoms with Crippen molar-refractivity contribution in [2.45, 2.75) is 38.8 Å². The fraction of sp³-hybridized carbons (Fsp3) is 0.421. The third-order valence-electron chi connectivity index (χ3n) is 4.60. The van der Waals surface area contributed by atoms with Gasteiger partial charge in [-0.05, 0) is 44.4 Å². The first kappa shape index (κ1) is 18.0. The van der Waals surface area contributed by atoms with Crippen molar-refractivity contribution >= 4 is 18.0 Å². The molecule has 1 aliphatic carbocycles. The Bertz CT molecular complexity index is 765. The molecule has 1 aliphatic heterocycles. The van der Waals surface area contributed by atoms with Crippen molar-refractivity contribution in [1.82, 2.24) is 10.2 Å². The van der Waals surface area contributed by atoms with Gasteiger partial charge in [0.2, 0.25) is 0 Å². The first-order valence-electron chi connectivity index (χ1n) is 8.63. The molecule has 1 aromatic carbocycles. The first-order chi connectivity index (χ1) is 12.5. The number of benzene rings is 1. The van der Waals surface area contributed by atoms with Gasteiger partial charge in [0.05, 0.1) is 30.9 Å². The minimum Gasteiger partial charge on any atom is -0.465 e. The van der Waals surface area contributed by atoms with Crippen molar-refractivity contribution in [3.05, 3.63) is 46.7 Å². The number of nitrogens with one attached hydrogen (secondary N) is 1. The van der Waals surface area contributed by atoms with Gasteiger partial charge >= 0.3 is 18.0 Å². The lowest BCUT2D eigenvalue weighted by atomic mass is 9.94. The van der Waals surface area contributed by atoms with Gasteiger partial charge in [-0.3, -0.25) is 4.90 Å². The zero-order valence-corrected chi connectivity index (χ0v) is 15.1. The Morgan fingerprint density at radius 3 is 2.38 bits per heavy atom. The van der Waals surface area contributed by atoms with Gasteiger partial charge in [-0.1, -0.05) is 12.1 Å². The van der Waals surface area contributed by atoms with Crippen molar-refractivity contribution in [3.8, 4) is 0 Å². The fourth-order valence-electron chi connectivity index (χ4n) is 3.18. The number of esters is 2. The summed E-state index contributed by atoms with van der Waals surface area (Å²) in [5.74, 6) is -0.890. The number of allylic oxidation sites excluding steroid dienone is 1. The molecule has 1 atom stereocenters. The Morgan fingerprint density at radius 1 is 1.19 bits per heavy atom. The van der Waals surface area contributed by atoms with Crippen molar-refractivity contribution in [1.29, 1.82) is 0 Å². The van der Waals surface area contributed by atoms with Gasteiger partial charge in [0.1, 0.15) is 0 Å². The molecule has 2 aliphatic rings. The van der Waals surface area contributed by atoms with Crippen LogP contribution in [0.4, 0.5) is 4.79 Å². The summed E-state index contributed by atoms with van der Waals surface area (Å²) in [5, 5.41) is 2.90. The van der Waals surface area contributed by atoms with E-state index in [4.69, 9.17) is 9.47 Å². The summed E-state index contributed by atoms with van der Waals surface area (Å²) in [6, 6.07) is 5.93. The molecule has 2 amide bonds. The second-order valence-electron chi connectivity index (χ2n) is 6.32. The van der Waals surface area contributed by atoms with Crippen LogP contribution in [0.3, 0.4) is 0 Å². The lowest BCUT2D eigenvalue weighted by Crippen LogP contribution is -2.48. The van der Waals surface area contributed by atoms with Crippen molar-refractivity contribution in [3.63, 3.8) is 0 Å². The van der Waals surface area contributed by atoms with Gasteiger partial charge in [-0.15, -0.1) is 0 Å². The number of carbonyl (C=O) groups is 3. The Kier molecular flexibility index (Phi) is 4.97. The van der Waals surface area contributed by atoms with E-state index in [1.807, 2.05) is 0 Å². The number of urea groups is 1. The molecule has 1 saturated carbocycles. The molecule has 26 heavy (non-hydrogen) atoms. The van der Waals surface area contributed by atoms with Crippen molar-refractivity contribution < 1.29 is 23.9 Å². The standard InChI is InChI=1S/C19H22N2O5/c1-4-26-18(23)15-11(2)21(14-9-10-14)19(24)20-16(15)12-5-7-13(8-6-12)17(22)25-3/h5-8,14,16H,4,9-10H2,1-3H3,(H,20,24). The molecule has 0 aromatic heterocycles. The van der Waals surface area contributed by atoms with Crippen LogP contribution in [0.25, 0.3) is 0 Å². The molecular formula is C19H22N2O5. The van der Waals surface area contributed by atoms with Crippen LogP contribution in [0.5, 0.6) is 0 Å². The molecule has 1 unspecified atom stereocenters. The summed E-state index contributed by atoms with van der Waals surface area (Å²) in [6.45, 7) is 3.77. The van der Waals surface area contributed by atoms with Crippen LogP contribution >= 0.6 is 0 Å². The van der Waals surface area contributed by atoms with Crippen LogP contribution in [0.2, 0.25) is 0 Å². The molecule has 7 nitrogen and oxygen atoms in total. The van der Waals surface area contributed by atoms with Gasteiger partial charge < -0.3 is 14.8 Å². The van der Waals surface area contributed by atoms with Gasteiger partial charge in [-0.2, -0.15) is 0 Å². The molecule has 3 rings (SSSR count). The predicted molar refractivity (Wildman–Crippen MR) is 93.2 cm³/mol. The van der Waals surface area contributed by atoms with Crippen LogP contribution in [0.1, 0.15) is 48.7 Å². The summed E-state index contributed by atoms with van der Waals surface area (Å²) in [7, 11) is 1.31. The van der Waals surface area contributed by atoms with E-state index in [0.29, 0.717) is 22.4 Å². The minimum absolute atomic E-state index is 0.141. The molecule has 1 fully saturated rings. The van der Waals surface area contributed by atoms with Crippen LogP contribution < -0.4 is 5.32 Å². The highest BCUT2D eigenvalue weighted by Crippen LogP contribution is 2.37. The number of nitrogens with zero attached hydrogens (tertiary/aromatic N) is 1. The van der Waals surface area contributed by atoms with E-state index in [9.17, 15) is 14.4 Å². The minimum atomic E-state index is -0.622. The van der Waals surface area contributed by atoms with Crippen molar-refractivity contribution in [2.24, 2.45) is 0 Å². The molecule has 0 radical (unpaired) electrons. The molecule has 0 spiro atoms. The van der Waals surface area contributed by atoms with Crippen LogP contribution in [0.15, 0.2) is 35.5 Å². The SMILES string of the molecule is CCOC(=O)C1=C(C)N(C2CC2)C(=O)NC1c1ccc(C(=O)OC)cc1. The Morgan fingerprint density at radius 2 is 1.85 bits per heavy atom. The zero-order valence-electron chi connectivity index (χ0n) is 15.1. The maximum absolute atomic E-state index is 12.6. The number of hydrogen-bond donors (Lipinski definition) is 1. The summed E-state index contributed by atoms with van der Waals surface area (Å²) in [5.41, 5.74) is 2.14. The van der Waals surface area contributed by atoms with Gasteiger partial charge in [0.15, 0.2) is 0 Å². The first-order valence-corrected chi connectivity index (χ1v) is 8.63. The van der Waals surface area contributed by atoms with E-state index in [1.165, 1.54) is 7.11 Å². The topological polar surface area (TPSA) is 84.9 Å². The largest absolute Gasteiger partial charge is 0.465 e. The Labute approximate surface area is 151 Å². The third kappa shape index (κ3) is 3.29. The lowest BCUT2D eigenvalue weighted by Gasteiger charge is -2.35. The summed E-state index contributed by atoms with van der Waals surface area (Å²) in [4.78, 5) is 38.4. The Balaban J connectivity index is 1.99. The van der Waals surface area contributed by atoms with Crippen LogP contribution in [-0.4, -0.2) is 42.6 Å². The summed E-state index contributed by atoms with van der Waals surface area (Å²) >= 11 is 0. The smallest absolute Gasteiger partial charge is 0.338 e. The van der Waals surface area contributed by atoms with Crippen LogP contribution in [-0.2, 0) is 14.3 Å². The van der Waals surface area contributed by atoms with Gasteiger partial charge in [-0.25, -0.2) is 14.4 Å². The normalized spacial score (nSPS) is 19.9. The highest BCUT2D eigenvalue weighted by atomic mass is 16.5. The quantitative estimate of drug-likeness (QED) is 0.818. The summed E-state index contributed by atoms with van der Waals surface area (Å²) < 4.78 is 9.91. The van der Waals surface area contributed by atoms with E-state index in [1.54, 1.807) is 43.0 Å². The average Bonchev–Trinajstić information content (AvgIpc) is 3.45. The van der Waals surface area contributed by atoms with E-state index in [0.717, 1.165) is 12.8 Å². The second kappa shape index (κ2) is 7.19. The summed E-state index contributed by atoms with van der Waals surface area (Å²) in [6.07, 6.45) is 1.86. The molecular weight excluding hydrogens is 336 g/mol. The third-order valence-corrected chi connectivity index (χ3v) is 4.60. The monoisotopic (exact) mass is 358 g/mol. The van der Waals surface area contributed by atoms with E-state index >= 15 is 0 Å². The molecule has 1 aromatic rings. The highest BCUT2D eigenvalue weighted by molar-refractivity contribution is 5.95.